The van der Waals surface area contributed by atoms with E-state index in [1.54, 1.807) is 74.5 Å². The summed E-state index contributed by atoms with van der Waals surface area (Å²) in [5.74, 6) is 3.14. The third-order valence-electron chi connectivity index (χ3n) is 11.8. The molecule has 384 valence electrons. The van der Waals surface area contributed by atoms with Gasteiger partial charge in [-0.1, -0.05) is 12.1 Å². The highest BCUT2D eigenvalue weighted by Crippen LogP contribution is 2.39. The van der Waals surface area contributed by atoms with Gasteiger partial charge in [-0.05, 0) is 100 Å². The van der Waals surface area contributed by atoms with Crippen LogP contribution in [0.25, 0.3) is 34.5 Å². The normalized spacial score (nSPS) is 13.1. The summed E-state index contributed by atoms with van der Waals surface area (Å²) in [6.07, 6.45) is -0.301. The molecule has 0 aliphatic carbocycles. The van der Waals surface area contributed by atoms with Gasteiger partial charge in [-0.15, -0.1) is 20.4 Å². The van der Waals surface area contributed by atoms with Crippen molar-refractivity contribution in [2.45, 2.75) is 61.9 Å². The van der Waals surface area contributed by atoms with Crippen LogP contribution >= 0.6 is 0 Å². The number of furan rings is 2. The zero-order valence-corrected chi connectivity index (χ0v) is 42.9. The first kappa shape index (κ1) is 53.4. The molecule has 22 nitrogen and oxygen atoms in total. The molecule has 74 heavy (non-hydrogen) atoms. The Hall–Kier alpha value is -8.42. The third kappa shape index (κ3) is 11.1. The van der Waals surface area contributed by atoms with Crippen LogP contribution in [-0.2, 0) is 31.2 Å². The number of aliphatic hydroxyl groups excluding tert-OH is 2. The molecule has 0 spiro atoms. The van der Waals surface area contributed by atoms with Crippen molar-refractivity contribution >= 4 is 19.7 Å². The van der Waals surface area contributed by atoms with Gasteiger partial charge in [0.25, 0.3) is 0 Å². The number of rotatable bonds is 18. The Kier molecular flexibility index (Phi) is 16.3. The molecule has 0 radical (unpaired) electrons. The van der Waals surface area contributed by atoms with E-state index in [2.05, 4.69) is 30.4 Å². The van der Waals surface area contributed by atoms with Crippen molar-refractivity contribution < 1.29 is 54.8 Å². The summed E-state index contributed by atoms with van der Waals surface area (Å²) in [6.45, 7) is 6.33. The average molecular weight is 1050 g/mol. The summed E-state index contributed by atoms with van der Waals surface area (Å²) >= 11 is 0. The molecule has 0 fully saturated rings. The molecule has 0 aliphatic rings. The summed E-state index contributed by atoms with van der Waals surface area (Å²) in [5, 5.41) is 53.8. The first-order valence-corrected chi connectivity index (χ1v) is 25.8. The lowest BCUT2D eigenvalue weighted by Crippen LogP contribution is -2.28. The zero-order chi connectivity index (χ0) is 53.5. The Labute approximate surface area is 425 Å². The number of aromatic nitrogens is 8. The maximum atomic E-state index is 13.5. The molecule has 2 N–H and O–H groups in total. The van der Waals surface area contributed by atoms with E-state index in [-0.39, 0.29) is 34.7 Å². The number of nitriles is 2. The van der Waals surface area contributed by atoms with Crippen LogP contribution in [0.4, 0.5) is 0 Å². The smallest absolute Gasteiger partial charge is 0.204 e. The van der Waals surface area contributed by atoms with Gasteiger partial charge in [-0.25, -0.2) is 16.8 Å². The molecule has 0 unspecified atom stereocenters. The predicted molar refractivity (Wildman–Crippen MR) is 266 cm³/mol. The highest BCUT2D eigenvalue weighted by molar-refractivity contribution is 7.91. The number of methoxy groups -OCH3 is 4. The second kappa shape index (κ2) is 22.6. The van der Waals surface area contributed by atoms with E-state index in [0.717, 1.165) is 0 Å². The Morgan fingerprint density at radius 2 is 0.905 bits per heavy atom. The number of aryl methyl sites for hydroxylation is 2. The fourth-order valence-corrected chi connectivity index (χ4v) is 10.3. The lowest BCUT2D eigenvalue weighted by atomic mass is 10.1. The number of aliphatic hydroxyl groups is 2. The van der Waals surface area contributed by atoms with Crippen molar-refractivity contribution in [2.75, 3.05) is 28.4 Å². The summed E-state index contributed by atoms with van der Waals surface area (Å²) < 4.78 is 90.6. The second-order valence-corrected chi connectivity index (χ2v) is 21.2. The molecular formula is C50H50N10O12S2. The van der Waals surface area contributed by atoms with Crippen LogP contribution in [0, 0.1) is 36.5 Å². The van der Waals surface area contributed by atoms with Gasteiger partial charge in [0.2, 0.25) is 11.6 Å². The lowest BCUT2D eigenvalue weighted by molar-refractivity contribution is 0.170. The van der Waals surface area contributed by atoms with Crippen molar-refractivity contribution in [1.29, 1.82) is 10.5 Å². The monoisotopic (exact) mass is 1050 g/mol. The molecule has 0 amide bonds. The molecule has 6 aromatic heterocycles. The molecule has 8 rings (SSSR count). The van der Waals surface area contributed by atoms with Gasteiger partial charge < -0.3 is 38.0 Å². The van der Waals surface area contributed by atoms with E-state index in [1.165, 1.54) is 88.1 Å². The van der Waals surface area contributed by atoms with Crippen LogP contribution in [0.15, 0.2) is 106 Å². The molecule has 8 aromatic rings. The fraction of sp³-hybridized carbons (Fsp3) is 0.280. The highest BCUT2D eigenvalue weighted by Gasteiger charge is 2.36. The molecule has 0 saturated heterocycles. The average Bonchev–Trinajstić information content (AvgIpc) is 4.24. The van der Waals surface area contributed by atoms with Crippen molar-refractivity contribution in [3.05, 3.63) is 143 Å². The Morgan fingerprint density at radius 1 is 0.554 bits per heavy atom. The van der Waals surface area contributed by atoms with Crippen LogP contribution in [0.2, 0.25) is 0 Å². The van der Waals surface area contributed by atoms with E-state index < -0.39 is 53.9 Å². The van der Waals surface area contributed by atoms with E-state index >= 15 is 0 Å². The quantitative estimate of drug-likeness (QED) is 0.0950. The van der Waals surface area contributed by atoms with E-state index in [4.69, 9.17) is 38.3 Å². The second-order valence-electron chi connectivity index (χ2n) is 16.5. The molecule has 0 bridgehead atoms. The van der Waals surface area contributed by atoms with Crippen LogP contribution in [0.3, 0.4) is 0 Å². The molecule has 0 aliphatic heterocycles. The van der Waals surface area contributed by atoms with E-state index in [0.29, 0.717) is 68.5 Å². The number of nitrogens with zero attached hydrogens (tertiary/aromatic N) is 10. The zero-order valence-electron chi connectivity index (χ0n) is 41.2. The predicted octanol–water partition coefficient (Wildman–Crippen LogP) is 6.31. The van der Waals surface area contributed by atoms with Gasteiger partial charge in [-0.3, -0.25) is 19.1 Å². The fourth-order valence-electron chi connectivity index (χ4n) is 7.61. The Balaban J connectivity index is 0.000000216. The van der Waals surface area contributed by atoms with Crippen molar-refractivity contribution in [1.82, 2.24) is 39.5 Å². The maximum absolute atomic E-state index is 13.5. The first-order valence-electron chi connectivity index (χ1n) is 22.4. The number of hydrogen-bond donors (Lipinski definition) is 2. The SMILES string of the molecule is COc1cccc(OC)c1-n1c(CS(=O)(=O)[C@@H](C)[C@H](O)c2ccc(C#N)cn2)nnc1-c1ccc(C)o1.COc1cccc(OC)c1-n1c(CS(=O)(=O)[C@H](C)[C@@H](O)c2ccc(C#N)cn2)nnc1-c1ccc(C)o1. The first-order chi connectivity index (χ1) is 35.4. The van der Waals surface area contributed by atoms with Crippen LogP contribution in [-0.4, -0.2) is 105 Å². The number of hydrogen-bond acceptors (Lipinski definition) is 20. The summed E-state index contributed by atoms with van der Waals surface area (Å²) in [4.78, 5) is 8.06. The Morgan fingerprint density at radius 3 is 1.18 bits per heavy atom. The molecule has 6 heterocycles. The van der Waals surface area contributed by atoms with Gasteiger partial charge in [-0.2, -0.15) is 10.5 Å². The highest BCUT2D eigenvalue weighted by atomic mass is 32.2. The third-order valence-corrected chi connectivity index (χ3v) is 15.9. The lowest BCUT2D eigenvalue weighted by Gasteiger charge is -2.20. The largest absolute Gasteiger partial charge is 0.494 e. The molecule has 2 aromatic carbocycles. The number of ether oxygens (including phenoxy) is 4. The standard InChI is InChI=1S/2C25H25N5O6S/c2*1-15-8-11-21(36-15)25-29-28-22(30(25)23-19(34-3)6-5-7-20(23)35-4)14-37(32,33)16(2)24(31)18-10-9-17(12-26)13-27-18/h2*5-11,13,16,24,31H,14H2,1-4H3/t2*16-,24-/m10/s1. The number of pyridine rings is 2. The van der Waals surface area contributed by atoms with Gasteiger partial charge >= 0.3 is 0 Å². The molecule has 24 heteroatoms. The number of benzene rings is 2. The molecular weight excluding hydrogens is 997 g/mol. The van der Waals surface area contributed by atoms with Crippen molar-refractivity contribution in [3.63, 3.8) is 0 Å². The van der Waals surface area contributed by atoms with Crippen LogP contribution in [0.5, 0.6) is 23.0 Å². The van der Waals surface area contributed by atoms with Crippen molar-refractivity contribution in [3.8, 4) is 69.7 Å². The van der Waals surface area contributed by atoms with E-state index in [1.807, 2.05) is 12.1 Å². The van der Waals surface area contributed by atoms with Gasteiger partial charge in [0.05, 0.1) is 61.5 Å². The van der Waals surface area contributed by atoms with Gasteiger partial charge in [0.15, 0.2) is 42.8 Å². The minimum atomic E-state index is -4.00. The molecule has 4 atom stereocenters. The maximum Gasteiger partial charge on any atom is 0.204 e. The summed E-state index contributed by atoms with van der Waals surface area (Å²) in [5.41, 5.74) is 1.66. The number of para-hydroxylation sites is 2. The summed E-state index contributed by atoms with van der Waals surface area (Å²) in [6, 6.07) is 26.9. The van der Waals surface area contributed by atoms with Crippen LogP contribution < -0.4 is 18.9 Å². The minimum Gasteiger partial charge on any atom is -0.494 e. The van der Waals surface area contributed by atoms with E-state index in [9.17, 15) is 27.0 Å². The van der Waals surface area contributed by atoms with Gasteiger partial charge in [0, 0.05) is 12.4 Å². The molecule has 0 saturated carbocycles. The van der Waals surface area contributed by atoms with Crippen LogP contribution in [0.1, 0.15) is 71.7 Å². The van der Waals surface area contributed by atoms with Gasteiger partial charge in [0.1, 0.15) is 81.7 Å². The topological polar surface area (TPSA) is 307 Å². The number of sulfone groups is 2. The summed E-state index contributed by atoms with van der Waals surface area (Å²) in [7, 11) is -2.06. The van der Waals surface area contributed by atoms with Crippen molar-refractivity contribution in [2.24, 2.45) is 0 Å². The minimum absolute atomic E-state index is 0.0682. The Bertz CT molecular complexity index is 3300.